The Hall–Kier alpha value is -3.30. The molecule has 9 nitrogen and oxygen atoms in total. The number of likely N-dealkylation sites (tertiary alicyclic amines) is 1. The second-order valence-electron chi connectivity index (χ2n) is 9.76. The zero-order valence-electron chi connectivity index (χ0n) is 19.9. The van der Waals surface area contributed by atoms with Gasteiger partial charge in [-0.25, -0.2) is 0 Å². The van der Waals surface area contributed by atoms with Crippen molar-refractivity contribution in [3.63, 3.8) is 0 Å². The molecule has 3 aliphatic heterocycles. The number of nitrogens with zero attached hydrogens (tertiary/aromatic N) is 4. The number of dihydropyridines is 1. The molecule has 2 amide bonds. The zero-order valence-corrected chi connectivity index (χ0v) is 21.4. The summed E-state index contributed by atoms with van der Waals surface area (Å²) < 4.78 is 1.61. The molecule has 37 heavy (non-hydrogen) atoms. The second kappa shape index (κ2) is 9.22. The molecule has 0 bridgehead atoms. The molecule has 4 heterocycles. The average molecular weight is 542 g/mol. The van der Waals surface area contributed by atoms with Crippen molar-refractivity contribution < 1.29 is 14.7 Å². The molecular formula is C26H25Cl2N5O4. The van der Waals surface area contributed by atoms with Crippen LogP contribution in [0.1, 0.15) is 46.3 Å². The summed E-state index contributed by atoms with van der Waals surface area (Å²) in [6.07, 6.45) is 4.24. The van der Waals surface area contributed by atoms with Gasteiger partial charge < -0.3 is 24.8 Å². The normalized spacial score (nSPS) is 21.6. The third-order valence-corrected chi connectivity index (χ3v) is 8.33. The minimum atomic E-state index is -0.873. The Morgan fingerprint density at radius 2 is 1.81 bits per heavy atom. The number of carbonyl (C=O) groups is 2. The third-order valence-electron chi connectivity index (χ3n) is 7.71. The van der Waals surface area contributed by atoms with Crippen molar-refractivity contribution in [3.05, 3.63) is 79.1 Å². The van der Waals surface area contributed by atoms with Gasteiger partial charge in [0.15, 0.2) is 5.69 Å². The number of aromatic nitrogens is 2. The first kappa shape index (κ1) is 24.1. The maximum absolute atomic E-state index is 13.7. The topological polar surface area (TPSA) is 108 Å². The molecule has 0 spiro atoms. The van der Waals surface area contributed by atoms with E-state index in [-0.39, 0.29) is 28.2 Å². The molecule has 1 saturated heterocycles. The van der Waals surface area contributed by atoms with E-state index in [0.717, 1.165) is 12.8 Å². The van der Waals surface area contributed by atoms with Crippen LogP contribution in [0.2, 0.25) is 0 Å². The minimum Gasteiger partial charge on any atom is -0.501 e. The predicted octanol–water partition coefficient (Wildman–Crippen LogP) is 2.41. The van der Waals surface area contributed by atoms with Gasteiger partial charge in [0.25, 0.3) is 11.8 Å². The van der Waals surface area contributed by atoms with Gasteiger partial charge >= 0.3 is 5.56 Å². The summed E-state index contributed by atoms with van der Waals surface area (Å²) in [5.74, 6) is -1.09. The van der Waals surface area contributed by atoms with E-state index in [1.807, 2.05) is 12.1 Å². The van der Waals surface area contributed by atoms with E-state index >= 15 is 0 Å². The van der Waals surface area contributed by atoms with Gasteiger partial charge in [0.1, 0.15) is 5.82 Å². The molecule has 192 valence electrons. The van der Waals surface area contributed by atoms with Crippen molar-refractivity contribution in [2.75, 3.05) is 19.6 Å². The lowest BCUT2D eigenvalue weighted by Gasteiger charge is -2.36. The lowest BCUT2D eigenvalue weighted by Crippen LogP contribution is -2.49. The summed E-state index contributed by atoms with van der Waals surface area (Å²) in [5, 5.41) is 14.1. The number of amides is 2. The van der Waals surface area contributed by atoms with Crippen molar-refractivity contribution in [3.8, 4) is 5.75 Å². The number of halogens is 2. The average Bonchev–Trinajstić information content (AvgIpc) is 3.53. The lowest BCUT2D eigenvalue weighted by atomic mass is 10.1. The summed E-state index contributed by atoms with van der Waals surface area (Å²) in [4.78, 5) is 47.5. The van der Waals surface area contributed by atoms with E-state index < -0.39 is 23.3 Å². The monoisotopic (exact) mass is 541 g/mol. The molecule has 11 heteroatoms. The van der Waals surface area contributed by atoms with Gasteiger partial charge in [-0.3, -0.25) is 14.4 Å². The Balaban J connectivity index is 1.35. The highest BCUT2D eigenvalue weighted by Gasteiger charge is 2.41. The first-order chi connectivity index (χ1) is 17.8. The fourth-order valence-electron chi connectivity index (χ4n) is 5.97. The van der Waals surface area contributed by atoms with Gasteiger partial charge in [-0.1, -0.05) is 47.5 Å². The molecule has 0 radical (unpaired) electrons. The van der Waals surface area contributed by atoms with E-state index in [1.54, 1.807) is 14.4 Å². The molecule has 1 aliphatic carbocycles. The number of nitrogens with one attached hydrogen (secondary N) is 1. The first-order valence-electron chi connectivity index (χ1n) is 12.4. The van der Waals surface area contributed by atoms with Crippen LogP contribution in [0.4, 0.5) is 0 Å². The van der Waals surface area contributed by atoms with E-state index in [2.05, 4.69) is 22.4 Å². The quantitative estimate of drug-likeness (QED) is 0.617. The summed E-state index contributed by atoms with van der Waals surface area (Å²) in [6.45, 7) is 1.50. The van der Waals surface area contributed by atoms with E-state index in [9.17, 15) is 19.5 Å². The first-order valence-corrected chi connectivity index (χ1v) is 13.1. The molecule has 4 aliphatic rings. The van der Waals surface area contributed by atoms with Crippen molar-refractivity contribution in [1.29, 1.82) is 0 Å². The molecule has 1 aromatic carbocycles. The Morgan fingerprint density at radius 3 is 2.51 bits per heavy atom. The number of carbonyl (C=O) groups excluding carboxylic acids is 2. The van der Waals surface area contributed by atoms with Crippen molar-refractivity contribution >= 4 is 35.0 Å². The number of hydrogen-bond acceptors (Lipinski definition) is 6. The summed E-state index contributed by atoms with van der Waals surface area (Å²) in [7, 11) is 0. The van der Waals surface area contributed by atoms with E-state index in [4.69, 9.17) is 23.2 Å². The van der Waals surface area contributed by atoms with Gasteiger partial charge in [0.05, 0.1) is 28.2 Å². The summed E-state index contributed by atoms with van der Waals surface area (Å²) >= 11 is 12.6. The SMILES string of the molecule is O=C1c2c(O)c(=O)nc(C3CCCN3C(=O)C3=C(Cl)CNC=C3Cl)n2CCN1C1Cc2ccccc2C1. The van der Waals surface area contributed by atoms with Crippen LogP contribution in [0.15, 0.2) is 50.9 Å². The molecule has 2 aromatic rings. The maximum Gasteiger partial charge on any atom is 0.315 e. The van der Waals surface area contributed by atoms with Crippen molar-refractivity contribution in [2.24, 2.45) is 0 Å². The molecular weight excluding hydrogens is 517 g/mol. The fourth-order valence-corrected chi connectivity index (χ4v) is 6.55. The highest BCUT2D eigenvalue weighted by molar-refractivity contribution is 6.40. The van der Waals surface area contributed by atoms with Crippen LogP contribution in [0.25, 0.3) is 0 Å². The van der Waals surface area contributed by atoms with E-state index in [1.165, 1.54) is 17.3 Å². The number of aromatic hydroxyl groups is 1. The molecule has 0 saturated carbocycles. The molecule has 1 fully saturated rings. The molecule has 1 atom stereocenters. The van der Waals surface area contributed by atoms with Gasteiger partial charge in [-0.05, 0) is 36.8 Å². The van der Waals surface area contributed by atoms with Crippen molar-refractivity contribution in [1.82, 2.24) is 24.7 Å². The highest BCUT2D eigenvalue weighted by Crippen LogP contribution is 2.37. The Kier molecular flexibility index (Phi) is 6.00. The van der Waals surface area contributed by atoms with E-state index in [0.29, 0.717) is 49.9 Å². The lowest BCUT2D eigenvalue weighted by molar-refractivity contribution is -0.128. The summed E-state index contributed by atoms with van der Waals surface area (Å²) in [6, 6.07) is 7.52. The fraction of sp³-hybridized carbons (Fsp3) is 0.385. The van der Waals surface area contributed by atoms with Gasteiger partial charge in [-0.2, -0.15) is 4.98 Å². The number of hydrogen-bond donors (Lipinski definition) is 2. The van der Waals surface area contributed by atoms with Crippen LogP contribution in [-0.4, -0.2) is 61.9 Å². The van der Waals surface area contributed by atoms with Crippen molar-refractivity contribution in [2.45, 2.75) is 44.3 Å². The van der Waals surface area contributed by atoms with Crippen LogP contribution < -0.4 is 10.9 Å². The maximum atomic E-state index is 13.7. The standard InChI is InChI=1S/C26H25Cl2N5O4/c27-17-12-29-13-18(28)20(17)25(36)32-7-3-6-19(32)23-30-24(35)22(34)21-26(37)31(8-9-33(21)23)16-10-14-4-1-2-5-15(14)11-16/h1-2,4-5,12,16,19,29,34H,3,6-11,13H2. The number of benzene rings is 1. The van der Waals surface area contributed by atoms with Crippen LogP contribution >= 0.6 is 23.2 Å². The van der Waals surface area contributed by atoms with Crippen LogP contribution in [-0.2, 0) is 24.2 Å². The minimum absolute atomic E-state index is 0.0442. The smallest absolute Gasteiger partial charge is 0.315 e. The van der Waals surface area contributed by atoms with Gasteiger partial charge in [0, 0.05) is 31.9 Å². The molecule has 2 N–H and O–H groups in total. The predicted molar refractivity (Wildman–Crippen MR) is 137 cm³/mol. The zero-order chi connectivity index (χ0) is 25.8. The largest absolute Gasteiger partial charge is 0.501 e. The highest BCUT2D eigenvalue weighted by atomic mass is 35.5. The van der Waals surface area contributed by atoms with Gasteiger partial charge in [-0.15, -0.1) is 0 Å². The molecule has 1 unspecified atom stereocenters. The van der Waals surface area contributed by atoms with Crippen LogP contribution in [0.3, 0.4) is 0 Å². The third kappa shape index (κ3) is 3.92. The number of fused-ring (bicyclic) bond motifs is 2. The molecule has 6 rings (SSSR count). The molecule has 1 aromatic heterocycles. The number of rotatable bonds is 3. The summed E-state index contributed by atoms with van der Waals surface area (Å²) in [5.41, 5.74) is 1.70. The Bertz CT molecular complexity index is 1420. The Morgan fingerprint density at radius 1 is 1.08 bits per heavy atom. The Labute approximate surface area is 223 Å². The van der Waals surface area contributed by atoms with Crippen LogP contribution in [0, 0.1) is 0 Å². The van der Waals surface area contributed by atoms with Crippen LogP contribution in [0.5, 0.6) is 5.75 Å². The second-order valence-corrected chi connectivity index (χ2v) is 10.6. The van der Waals surface area contributed by atoms with Gasteiger partial charge in [0.2, 0.25) is 5.75 Å².